The second kappa shape index (κ2) is 6.03. The predicted octanol–water partition coefficient (Wildman–Crippen LogP) is 4.16. The van der Waals surface area contributed by atoms with Gasteiger partial charge in [-0.05, 0) is 12.0 Å². The molecule has 0 N–H and O–H groups in total. The summed E-state index contributed by atoms with van der Waals surface area (Å²) < 4.78 is 1.67. The highest BCUT2D eigenvalue weighted by Crippen LogP contribution is 2.31. The van der Waals surface area contributed by atoms with Crippen LogP contribution in [0, 0.1) is 0 Å². The van der Waals surface area contributed by atoms with Crippen molar-refractivity contribution < 1.29 is 0 Å². The van der Waals surface area contributed by atoms with Crippen LogP contribution in [-0.2, 0) is 7.05 Å². The van der Waals surface area contributed by atoms with Gasteiger partial charge in [-0.25, -0.2) is 4.98 Å². The van der Waals surface area contributed by atoms with E-state index >= 15 is 0 Å². The van der Waals surface area contributed by atoms with Crippen LogP contribution in [-0.4, -0.2) is 15.3 Å². The molecule has 2 heterocycles. The lowest BCUT2D eigenvalue weighted by molar-refractivity contribution is 0.728. The van der Waals surface area contributed by atoms with Crippen LogP contribution >= 0.6 is 23.1 Å². The lowest BCUT2D eigenvalue weighted by atomic mass is 10.1. The highest BCUT2D eigenvalue weighted by Gasteiger charge is 2.15. The number of rotatable bonds is 4. The molecule has 3 aromatic rings. The highest BCUT2D eigenvalue weighted by atomic mass is 32.2. The van der Waals surface area contributed by atoms with Gasteiger partial charge >= 0.3 is 0 Å². The number of benzene rings is 1. The van der Waals surface area contributed by atoms with E-state index in [4.69, 9.17) is 0 Å². The summed E-state index contributed by atoms with van der Waals surface area (Å²) in [6, 6.07) is 10.0. The highest BCUT2D eigenvalue weighted by molar-refractivity contribution is 7.99. The van der Waals surface area contributed by atoms with Crippen LogP contribution in [0.25, 0.3) is 21.3 Å². The summed E-state index contributed by atoms with van der Waals surface area (Å²) in [5, 5.41) is 3.56. The number of aromatic nitrogens is 2. The first-order valence-electron chi connectivity index (χ1n) is 6.88. The Bertz CT molecular complexity index is 821. The van der Waals surface area contributed by atoms with Gasteiger partial charge in [0.25, 0.3) is 5.56 Å². The molecule has 5 heteroatoms. The number of fused-ring (bicyclic) bond motifs is 1. The van der Waals surface area contributed by atoms with Crippen molar-refractivity contribution in [2.75, 3.05) is 5.75 Å². The predicted molar refractivity (Wildman–Crippen MR) is 91.3 cm³/mol. The fraction of sp³-hybridized carbons (Fsp3) is 0.250. The molecule has 0 saturated heterocycles. The van der Waals surface area contributed by atoms with E-state index in [9.17, 15) is 4.79 Å². The zero-order valence-corrected chi connectivity index (χ0v) is 13.6. The molecule has 0 spiro atoms. The standard InChI is InChI=1S/C16H16N2OS2/c1-3-9-20-16-17-14-13(15(19)18(16)2)12(10-21-14)11-7-5-4-6-8-11/h4-8,10H,3,9H2,1-2H3. The van der Waals surface area contributed by atoms with Gasteiger partial charge in [0.2, 0.25) is 0 Å². The fourth-order valence-corrected chi connectivity index (χ4v) is 4.02. The Kier molecular flexibility index (Phi) is 4.12. The molecule has 3 nitrogen and oxygen atoms in total. The Labute approximate surface area is 131 Å². The molecule has 0 bridgehead atoms. The SMILES string of the molecule is CCCSc1nc2scc(-c3ccccc3)c2c(=O)n1C. The molecule has 0 amide bonds. The molecule has 3 rings (SSSR count). The third-order valence-electron chi connectivity index (χ3n) is 3.29. The van der Waals surface area contributed by atoms with E-state index in [0.717, 1.165) is 38.7 Å². The lowest BCUT2D eigenvalue weighted by Gasteiger charge is -2.07. The molecule has 0 saturated carbocycles. The molecular formula is C16H16N2OS2. The van der Waals surface area contributed by atoms with Gasteiger partial charge in [0.15, 0.2) is 5.16 Å². The summed E-state index contributed by atoms with van der Waals surface area (Å²) >= 11 is 3.18. The van der Waals surface area contributed by atoms with Gasteiger partial charge in [-0.3, -0.25) is 9.36 Å². The summed E-state index contributed by atoms with van der Waals surface area (Å²) in [5.41, 5.74) is 2.09. The monoisotopic (exact) mass is 316 g/mol. The molecule has 0 atom stereocenters. The summed E-state index contributed by atoms with van der Waals surface area (Å²) in [6.45, 7) is 2.13. The quantitative estimate of drug-likeness (QED) is 0.535. The number of hydrogen-bond donors (Lipinski definition) is 0. The van der Waals surface area contributed by atoms with Gasteiger partial charge in [-0.2, -0.15) is 0 Å². The van der Waals surface area contributed by atoms with Crippen molar-refractivity contribution in [3.8, 4) is 11.1 Å². The Morgan fingerprint density at radius 2 is 2.05 bits per heavy atom. The minimum Gasteiger partial charge on any atom is -0.290 e. The Morgan fingerprint density at radius 1 is 1.29 bits per heavy atom. The van der Waals surface area contributed by atoms with Crippen molar-refractivity contribution in [1.29, 1.82) is 0 Å². The molecule has 108 valence electrons. The number of thioether (sulfide) groups is 1. The molecule has 1 aromatic carbocycles. The van der Waals surface area contributed by atoms with Gasteiger partial charge in [0.05, 0.1) is 5.39 Å². The van der Waals surface area contributed by atoms with Gasteiger partial charge in [-0.15, -0.1) is 11.3 Å². The van der Waals surface area contributed by atoms with E-state index in [1.165, 1.54) is 0 Å². The van der Waals surface area contributed by atoms with Crippen molar-refractivity contribution in [3.05, 3.63) is 46.1 Å². The third-order valence-corrected chi connectivity index (χ3v) is 5.40. The summed E-state index contributed by atoms with van der Waals surface area (Å²) in [7, 11) is 1.80. The Hall–Kier alpha value is -1.59. The minimum absolute atomic E-state index is 0.0405. The van der Waals surface area contributed by atoms with Crippen molar-refractivity contribution in [2.24, 2.45) is 7.05 Å². The second-order valence-corrected chi connectivity index (χ2v) is 6.72. The average molecular weight is 316 g/mol. The van der Waals surface area contributed by atoms with Gasteiger partial charge in [0.1, 0.15) is 4.83 Å². The van der Waals surface area contributed by atoms with Crippen LogP contribution in [0.15, 0.2) is 45.7 Å². The topological polar surface area (TPSA) is 34.9 Å². The number of thiophene rings is 1. The second-order valence-electron chi connectivity index (χ2n) is 4.80. The summed E-state index contributed by atoms with van der Waals surface area (Å²) in [4.78, 5) is 18.2. The van der Waals surface area contributed by atoms with Crippen molar-refractivity contribution in [3.63, 3.8) is 0 Å². The first-order valence-corrected chi connectivity index (χ1v) is 8.75. The van der Waals surface area contributed by atoms with Gasteiger partial charge < -0.3 is 0 Å². The molecule has 0 fully saturated rings. The maximum Gasteiger partial charge on any atom is 0.263 e. The maximum atomic E-state index is 12.7. The molecule has 0 aliphatic heterocycles. The Balaban J connectivity index is 2.19. The lowest BCUT2D eigenvalue weighted by Crippen LogP contribution is -2.19. The van der Waals surface area contributed by atoms with E-state index in [1.54, 1.807) is 34.7 Å². The first kappa shape index (κ1) is 14.4. The smallest absolute Gasteiger partial charge is 0.263 e. The van der Waals surface area contributed by atoms with E-state index in [1.807, 2.05) is 35.7 Å². The number of nitrogens with zero attached hydrogens (tertiary/aromatic N) is 2. The maximum absolute atomic E-state index is 12.7. The first-order chi connectivity index (χ1) is 10.2. The van der Waals surface area contributed by atoms with Gasteiger partial charge in [-0.1, -0.05) is 49.0 Å². The van der Waals surface area contributed by atoms with Crippen molar-refractivity contribution in [1.82, 2.24) is 9.55 Å². The van der Waals surface area contributed by atoms with Crippen molar-refractivity contribution in [2.45, 2.75) is 18.5 Å². The number of hydrogen-bond acceptors (Lipinski definition) is 4. The zero-order chi connectivity index (χ0) is 14.8. The normalized spacial score (nSPS) is 11.1. The van der Waals surface area contributed by atoms with Crippen LogP contribution in [0.2, 0.25) is 0 Å². The fourth-order valence-electron chi connectivity index (χ4n) is 2.21. The zero-order valence-electron chi connectivity index (χ0n) is 12.0. The van der Waals surface area contributed by atoms with Crippen LogP contribution in [0.4, 0.5) is 0 Å². The van der Waals surface area contributed by atoms with Crippen LogP contribution in [0.1, 0.15) is 13.3 Å². The average Bonchev–Trinajstić information content (AvgIpc) is 2.94. The molecule has 21 heavy (non-hydrogen) atoms. The molecule has 0 aliphatic carbocycles. The van der Waals surface area contributed by atoms with E-state index < -0.39 is 0 Å². The van der Waals surface area contributed by atoms with Crippen LogP contribution in [0.5, 0.6) is 0 Å². The molecule has 0 unspecified atom stereocenters. The largest absolute Gasteiger partial charge is 0.290 e. The Morgan fingerprint density at radius 3 is 2.76 bits per heavy atom. The molecule has 0 radical (unpaired) electrons. The van der Waals surface area contributed by atoms with Crippen LogP contribution in [0.3, 0.4) is 0 Å². The minimum atomic E-state index is 0.0405. The summed E-state index contributed by atoms with van der Waals surface area (Å²) in [5.74, 6) is 0.975. The molecular weight excluding hydrogens is 300 g/mol. The van der Waals surface area contributed by atoms with Crippen molar-refractivity contribution >= 4 is 33.3 Å². The third kappa shape index (κ3) is 2.63. The van der Waals surface area contributed by atoms with E-state index in [0.29, 0.717) is 0 Å². The van der Waals surface area contributed by atoms with E-state index in [-0.39, 0.29) is 5.56 Å². The molecule has 0 aliphatic rings. The summed E-state index contributed by atoms with van der Waals surface area (Å²) in [6.07, 6.45) is 1.07. The van der Waals surface area contributed by atoms with Crippen LogP contribution < -0.4 is 5.56 Å². The van der Waals surface area contributed by atoms with Gasteiger partial charge in [0, 0.05) is 23.7 Å². The van der Waals surface area contributed by atoms with E-state index in [2.05, 4.69) is 11.9 Å². The molecule has 2 aromatic heterocycles.